The van der Waals surface area contributed by atoms with Crippen LogP contribution in [0.3, 0.4) is 0 Å². The maximum atomic E-state index is 13.9. The van der Waals surface area contributed by atoms with Gasteiger partial charge in [-0.2, -0.15) is 0 Å². The normalized spacial score (nSPS) is 17.1. The van der Waals surface area contributed by atoms with Crippen LogP contribution in [0.4, 0.5) is 0 Å². The first kappa shape index (κ1) is 31.3. The van der Waals surface area contributed by atoms with Crippen LogP contribution in [0.25, 0.3) is 6.08 Å². The highest BCUT2D eigenvalue weighted by atomic mass is 16.5. The highest BCUT2D eigenvalue weighted by Crippen LogP contribution is 2.27. The Bertz CT molecular complexity index is 1340. The summed E-state index contributed by atoms with van der Waals surface area (Å²) in [7, 11) is 1.61. The van der Waals surface area contributed by atoms with Crippen molar-refractivity contribution in [3.8, 4) is 5.75 Å². The number of amides is 2. The van der Waals surface area contributed by atoms with Gasteiger partial charge in [0.05, 0.1) is 13.2 Å². The first-order valence-electron chi connectivity index (χ1n) is 14.7. The van der Waals surface area contributed by atoms with Crippen LogP contribution in [0.5, 0.6) is 5.75 Å². The van der Waals surface area contributed by atoms with Crippen LogP contribution >= 0.6 is 0 Å². The fraction of sp³-hybridized carbons (Fsp3) is 0.324. The Morgan fingerprint density at radius 3 is 2.42 bits per heavy atom. The van der Waals surface area contributed by atoms with E-state index in [1.165, 1.54) is 6.08 Å². The summed E-state index contributed by atoms with van der Waals surface area (Å²) in [6.07, 6.45) is 5.20. The molecule has 0 radical (unpaired) electrons. The van der Waals surface area contributed by atoms with Gasteiger partial charge in [0.1, 0.15) is 5.75 Å². The van der Waals surface area contributed by atoms with E-state index in [0.717, 1.165) is 22.4 Å². The molecular weight excluding hydrogens is 540 g/mol. The van der Waals surface area contributed by atoms with E-state index >= 15 is 0 Å². The van der Waals surface area contributed by atoms with E-state index in [1.54, 1.807) is 13.2 Å². The fourth-order valence-corrected chi connectivity index (χ4v) is 5.33. The van der Waals surface area contributed by atoms with Crippen LogP contribution in [0.2, 0.25) is 0 Å². The summed E-state index contributed by atoms with van der Waals surface area (Å²) in [6.45, 7) is 1.97. The van der Waals surface area contributed by atoms with Crippen LogP contribution in [-0.2, 0) is 9.59 Å². The van der Waals surface area contributed by atoms with Crippen molar-refractivity contribution in [2.75, 3.05) is 33.3 Å². The smallest absolute Gasteiger partial charge is 0.244 e. The van der Waals surface area contributed by atoms with Crippen molar-refractivity contribution in [3.05, 3.63) is 108 Å². The molecule has 226 valence electrons. The maximum absolute atomic E-state index is 13.9. The molecular formula is C34H42N6O3. The monoisotopic (exact) mass is 582 g/mol. The number of guanidine groups is 1. The molecule has 1 fully saturated rings. The molecule has 0 bridgehead atoms. The number of nitrogens with one attached hydrogen (secondary N) is 2. The largest absolute Gasteiger partial charge is 0.497 e. The fourth-order valence-electron chi connectivity index (χ4n) is 5.33. The van der Waals surface area contributed by atoms with Crippen molar-refractivity contribution in [1.29, 1.82) is 0 Å². The second kappa shape index (κ2) is 16.1. The molecule has 0 aromatic heterocycles. The van der Waals surface area contributed by atoms with Gasteiger partial charge in [-0.3, -0.25) is 14.6 Å². The van der Waals surface area contributed by atoms with E-state index in [9.17, 15) is 9.59 Å². The average Bonchev–Trinajstić information content (AvgIpc) is 3.18. The highest BCUT2D eigenvalue weighted by molar-refractivity contribution is 5.91. The van der Waals surface area contributed by atoms with Gasteiger partial charge in [0.2, 0.25) is 11.8 Å². The third-order valence-corrected chi connectivity index (χ3v) is 7.59. The molecule has 1 saturated heterocycles. The number of hydrogen-bond acceptors (Lipinski definition) is 5. The van der Waals surface area contributed by atoms with Crippen LogP contribution in [0.15, 0.2) is 96.0 Å². The lowest BCUT2D eigenvalue weighted by Crippen LogP contribution is -2.49. The summed E-state index contributed by atoms with van der Waals surface area (Å²) in [5, 5.41) is 6.52. The molecule has 9 nitrogen and oxygen atoms in total. The van der Waals surface area contributed by atoms with Gasteiger partial charge in [-0.1, -0.05) is 72.8 Å². The van der Waals surface area contributed by atoms with Crippen molar-refractivity contribution >= 4 is 23.8 Å². The molecule has 43 heavy (non-hydrogen) atoms. The molecule has 0 unspecified atom stereocenters. The number of carbonyl (C=O) groups excluding carboxylic acids is 2. The van der Waals surface area contributed by atoms with Crippen LogP contribution in [0.1, 0.15) is 41.9 Å². The first-order chi connectivity index (χ1) is 20.9. The zero-order valence-electron chi connectivity index (χ0n) is 24.7. The molecule has 1 aliphatic rings. The van der Waals surface area contributed by atoms with Gasteiger partial charge in [-0.15, -0.1) is 0 Å². The molecule has 2 atom stereocenters. The minimum atomic E-state index is -0.418. The number of rotatable bonds is 13. The quantitative estimate of drug-likeness (QED) is 0.106. The number of ether oxygens (including phenoxy) is 1. The predicted molar refractivity (Wildman–Crippen MR) is 172 cm³/mol. The lowest BCUT2D eigenvalue weighted by atomic mass is 9.90. The zero-order valence-corrected chi connectivity index (χ0v) is 24.7. The highest BCUT2D eigenvalue weighted by Gasteiger charge is 2.32. The topological polar surface area (TPSA) is 135 Å². The van der Waals surface area contributed by atoms with E-state index < -0.39 is 6.04 Å². The molecule has 2 amide bonds. The molecule has 6 N–H and O–H groups in total. The molecule has 3 aromatic carbocycles. The number of nitrogens with two attached hydrogens (primary N) is 2. The van der Waals surface area contributed by atoms with E-state index in [2.05, 4.69) is 39.9 Å². The zero-order chi connectivity index (χ0) is 30.4. The van der Waals surface area contributed by atoms with E-state index in [1.807, 2.05) is 65.6 Å². The predicted octanol–water partition coefficient (Wildman–Crippen LogP) is 3.27. The van der Waals surface area contributed by atoms with E-state index in [-0.39, 0.29) is 29.7 Å². The number of aliphatic imine (C=N–C) groups is 1. The molecule has 0 saturated carbocycles. The minimum Gasteiger partial charge on any atom is -0.497 e. The summed E-state index contributed by atoms with van der Waals surface area (Å²) < 4.78 is 5.25. The Balaban J connectivity index is 1.46. The number of benzene rings is 3. The summed E-state index contributed by atoms with van der Waals surface area (Å²) in [5.41, 5.74) is 14.2. The standard InChI is InChI=1S/C34H42N6O3/c1-43-29-15-8-10-25(22-29)17-18-32(41)38-23-28-19-21-40(33(42)31(39-28)16-9-20-37-34(35)36)24-30(26-11-4-2-5-12-26)27-13-6-3-7-14-27/h2-8,10-15,17-18,22,28,30-31,39H,9,16,19-21,23-24H2,1H3,(H,38,41)(H4,35,36,37)/b18-17+/t28-,31-/m0/s1. The minimum absolute atomic E-state index is 0.0339. The van der Waals surface area contributed by atoms with Crippen molar-refractivity contribution in [1.82, 2.24) is 15.5 Å². The lowest BCUT2D eigenvalue weighted by molar-refractivity contribution is -0.133. The Hall–Kier alpha value is -4.63. The second-order valence-electron chi connectivity index (χ2n) is 10.7. The number of methoxy groups -OCH3 is 1. The molecule has 0 spiro atoms. The number of nitrogens with zero attached hydrogens (tertiary/aromatic N) is 2. The molecule has 1 heterocycles. The number of carbonyl (C=O) groups is 2. The van der Waals surface area contributed by atoms with Crippen molar-refractivity contribution in [3.63, 3.8) is 0 Å². The summed E-state index contributed by atoms with van der Waals surface area (Å²) in [4.78, 5) is 32.7. The summed E-state index contributed by atoms with van der Waals surface area (Å²) >= 11 is 0. The van der Waals surface area contributed by atoms with Gasteiger partial charge < -0.3 is 31.7 Å². The van der Waals surface area contributed by atoms with Crippen LogP contribution in [-0.4, -0.2) is 68.0 Å². The second-order valence-corrected chi connectivity index (χ2v) is 10.7. The van der Waals surface area contributed by atoms with Gasteiger partial charge in [0, 0.05) is 44.2 Å². The van der Waals surface area contributed by atoms with E-state index in [4.69, 9.17) is 16.2 Å². The summed E-state index contributed by atoms with van der Waals surface area (Å²) in [5.74, 6) is 0.652. The summed E-state index contributed by atoms with van der Waals surface area (Å²) in [6, 6.07) is 27.6. The Labute approximate surface area is 254 Å². The van der Waals surface area contributed by atoms with E-state index in [0.29, 0.717) is 45.4 Å². The SMILES string of the molecule is COc1cccc(/C=C/C(=O)NC[C@@H]2CCN(CC(c3ccccc3)c3ccccc3)C(=O)[C@H](CCCN=C(N)N)N2)c1. The number of hydrogen-bond donors (Lipinski definition) is 4. The van der Waals surface area contributed by atoms with Crippen molar-refractivity contribution in [2.45, 2.75) is 37.3 Å². The Kier molecular flexibility index (Phi) is 11.7. The van der Waals surface area contributed by atoms with Gasteiger partial charge in [0.15, 0.2) is 5.96 Å². The van der Waals surface area contributed by atoms with Crippen molar-refractivity contribution in [2.24, 2.45) is 16.5 Å². The third kappa shape index (κ3) is 9.72. The molecule has 9 heteroatoms. The van der Waals surface area contributed by atoms with Crippen LogP contribution < -0.4 is 26.8 Å². The Morgan fingerprint density at radius 2 is 1.77 bits per heavy atom. The van der Waals surface area contributed by atoms with Gasteiger partial charge >= 0.3 is 0 Å². The average molecular weight is 583 g/mol. The molecule has 1 aliphatic heterocycles. The Morgan fingerprint density at radius 1 is 1.07 bits per heavy atom. The van der Waals surface area contributed by atoms with Gasteiger partial charge in [-0.25, -0.2) is 0 Å². The lowest BCUT2D eigenvalue weighted by Gasteiger charge is -2.29. The molecule has 3 aromatic rings. The maximum Gasteiger partial charge on any atom is 0.244 e. The van der Waals surface area contributed by atoms with Crippen molar-refractivity contribution < 1.29 is 14.3 Å². The third-order valence-electron chi connectivity index (χ3n) is 7.59. The van der Waals surface area contributed by atoms with Gasteiger partial charge in [0.25, 0.3) is 0 Å². The molecule has 0 aliphatic carbocycles. The molecule has 4 rings (SSSR count). The first-order valence-corrected chi connectivity index (χ1v) is 14.7. The van der Waals surface area contributed by atoms with Gasteiger partial charge in [-0.05, 0) is 54.2 Å². The van der Waals surface area contributed by atoms with Crippen LogP contribution in [0, 0.1) is 0 Å².